The first-order valence-electron chi connectivity index (χ1n) is 6.91. The molecule has 1 aromatic carbocycles. The van der Waals surface area contributed by atoms with Crippen molar-refractivity contribution in [1.82, 2.24) is 0 Å². The highest BCUT2D eigenvalue weighted by atomic mass is 16.7. The van der Waals surface area contributed by atoms with E-state index < -0.39 is 5.79 Å². The number of ether oxygens (including phenoxy) is 2. The summed E-state index contributed by atoms with van der Waals surface area (Å²) >= 11 is 0. The molecule has 3 nitrogen and oxygen atoms in total. The Balaban J connectivity index is 1.94. The van der Waals surface area contributed by atoms with Crippen molar-refractivity contribution in [1.29, 1.82) is 0 Å². The molecule has 0 saturated carbocycles. The first-order valence-corrected chi connectivity index (χ1v) is 6.91. The number of hydrogen-bond acceptors (Lipinski definition) is 3. The Morgan fingerprint density at radius 1 is 1.05 bits per heavy atom. The molecule has 1 aromatic rings. The first kappa shape index (κ1) is 14.4. The molecular weight excluding hydrogens is 238 g/mol. The van der Waals surface area contributed by atoms with Crippen molar-refractivity contribution >= 4 is 5.69 Å². The Morgan fingerprint density at radius 3 is 2.05 bits per heavy atom. The van der Waals surface area contributed by atoms with Crippen molar-refractivity contribution in [3.8, 4) is 0 Å². The molecule has 0 aliphatic carbocycles. The molecule has 1 aliphatic heterocycles. The molecule has 0 unspecified atom stereocenters. The molecule has 0 spiro atoms. The van der Waals surface area contributed by atoms with Gasteiger partial charge in [0.25, 0.3) is 0 Å². The maximum atomic E-state index is 5.64. The molecule has 0 atom stereocenters. The zero-order valence-electron chi connectivity index (χ0n) is 12.6. The number of anilines is 1. The molecule has 3 heteroatoms. The van der Waals surface area contributed by atoms with Gasteiger partial charge in [0.2, 0.25) is 0 Å². The van der Waals surface area contributed by atoms with Crippen molar-refractivity contribution in [2.45, 2.75) is 51.9 Å². The fourth-order valence-electron chi connectivity index (χ4n) is 2.08. The van der Waals surface area contributed by atoms with Gasteiger partial charge in [0.15, 0.2) is 5.79 Å². The zero-order valence-corrected chi connectivity index (χ0v) is 12.6. The minimum Gasteiger partial charge on any atom is -0.378 e. The maximum Gasteiger partial charge on any atom is 0.162 e. The highest BCUT2D eigenvalue weighted by Crippen LogP contribution is 2.24. The number of nitrogens with one attached hydrogen (secondary N) is 1. The van der Waals surface area contributed by atoms with E-state index in [-0.39, 0.29) is 11.5 Å². The van der Waals surface area contributed by atoms with Crippen LogP contribution in [0.25, 0.3) is 0 Å². The van der Waals surface area contributed by atoms with E-state index in [9.17, 15) is 0 Å². The Labute approximate surface area is 116 Å². The first-order chi connectivity index (χ1) is 8.76. The summed E-state index contributed by atoms with van der Waals surface area (Å²) in [7, 11) is 0. The second-order valence-electron chi connectivity index (χ2n) is 6.69. The van der Waals surface area contributed by atoms with E-state index in [2.05, 4.69) is 50.4 Å². The van der Waals surface area contributed by atoms with Crippen LogP contribution in [0.5, 0.6) is 0 Å². The molecule has 0 aromatic heterocycles. The van der Waals surface area contributed by atoms with Crippen LogP contribution in [0.1, 0.15) is 40.2 Å². The molecule has 1 heterocycles. The van der Waals surface area contributed by atoms with Crippen LogP contribution in [0.15, 0.2) is 24.3 Å². The van der Waals surface area contributed by atoms with Gasteiger partial charge in [-0.3, -0.25) is 0 Å². The summed E-state index contributed by atoms with van der Waals surface area (Å²) < 4.78 is 11.3. The summed E-state index contributed by atoms with van der Waals surface area (Å²) in [5.41, 5.74) is 2.65. The van der Waals surface area contributed by atoms with E-state index in [4.69, 9.17) is 9.47 Å². The van der Waals surface area contributed by atoms with Gasteiger partial charge < -0.3 is 14.8 Å². The van der Waals surface area contributed by atoms with Crippen molar-refractivity contribution < 1.29 is 9.47 Å². The van der Waals surface area contributed by atoms with Crippen LogP contribution in [0, 0.1) is 0 Å². The third kappa shape index (κ3) is 3.95. The van der Waals surface area contributed by atoms with Crippen LogP contribution in [0.2, 0.25) is 0 Å². The highest BCUT2D eigenvalue weighted by Gasteiger charge is 2.28. The molecule has 1 fully saturated rings. The smallest absolute Gasteiger partial charge is 0.162 e. The van der Waals surface area contributed by atoms with E-state index >= 15 is 0 Å². The Morgan fingerprint density at radius 2 is 1.58 bits per heavy atom. The minimum atomic E-state index is -0.450. The van der Waals surface area contributed by atoms with Gasteiger partial charge in [-0.15, -0.1) is 0 Å². The van der Waals surface area contributed by atoms with Gasteiger partial charge in [0.05, 0.1) is 19.3 Å². The lowest BCUT2D eigenvalue weighted by atomic mass is 9.87. The highest BCUT2D eigenvalue weighted by molar-refractivity contribution is 5.46. The van der Waals surface area contributed by atoms with Gasteiger partial charge in [-0.1, -0.05) is 32.9 Å². The Hall–Kier alpha value is -1.06. The topological polar surface area (TPSA) is 30.5 Å². The largest absolute Gasteiger partial charge is 0.378 e. The summed E-state index contributed by atoms with van der Waals surface area (Å²) in [6, 6.07) is 8.82. The lowest BCUT2D eigenvalue weighted by Crippen LogP contribution is -2.45. The van der Waals surface area contributed by atoms with Gasteiger partial charge in [0, 0.05) is 5.69 Å². The summed E-state index contributed by atoms with van der Waals surface area (Å²) in [6.07, 6.45) is 0. The van der Waals surface area contributed by atoms with E-state index in [1.807, 2.05) is 13.8 Å². The van der Waals surface area contributed by atoms with Gasteiger partial charge >= 0.3 is 0 Å². The SMILES string of the molecule is CC1(C)OCC(Nc2ccc(C(C)(C)C)cc2)CO1. The fourth-order valence-corrected chi connectivity index (χ4v) is 2.08. The molecule has 19 heavy (non-hydrogen) atoms. The van der Waals surface area contributed by atoms with Crippen LogP contribution in [-0.4, -0.2) is 25.0 Å². The fraction of sp³-hybridized carbons (Fsp3) is 0.625. The third-order valence-corrected chi connectivity index (χ3v) is 3.39. The van der Waals surface area contributed by atoms with E-state index in [0.29, 0.717) is 13.2 Å². The van der Waals surface area contributed by atoms with Crippen LogP contribution in [0.3, 0.4) is 0 Å². The Bertz CT molecular complexity index is 407. The standard InChI is InChI=1S/C16H25NO2/c1-15(2,3)12-6-8-13(9-7-12)17-14-10-18-16(4,5)19-11-14/h6-9,14,17H,10-11H2,1-5H3. The second-order valence-corrected chi connectivity index (χ2v) is 6.69. The summed E-state index contributed by atoms with van der Waals surface area (Å²) in [5, 5.41) is 3.45. The molecule has 2 rings (SSSR count). The average molecular weight is 263 g/mol. The van der Waals surface area contributed by atoms with Crippen molar-refractivity contribution in [2.24, 2.45) is 0 Å². The summed E-state index contributed by atoms with van der Waals surface area (Å²) in [4.78, 5) is 0. The average Bonchev–Trinajstić information content (AvgIpc) is 2.31. The predicted octanol–water partition coefficient (Wildman–Crippen LogP) is 3.55. The van der Waals surface area contributed by atoms with E-state index in [0.717, 1.165) is 5.69 Å². The van der Waals surface area contributed by atoms with E-state index in [1.54, 1.807) is 0 Å². The molecule has 0 bridgehead atoms. The van der Waals surface area contributed by atoms with Crippen LogP contribution >= 0.6 is 0 Å². The zero-order chi connectivity index (χ0) is 14.1. The van der Waals surface area contributed by atoms with Crippen LogP contribution in [0.4, 0.5) is 5.69 Å². The lowest BCUT2D eigenvalue weighted by molar-refractivity contribution is -0.247. The monoisotopic (exact) mass is 263 g/mol. The molecule has 0 amide bonds. The molecule has 1 aliphatic rings. The van der Waals surface area contributed by atoms with Gasteiger partial charge in [-0.05, 0) is 37.0 Å². The number of rotatable bonds is 2. The lowest BCUT2D eigenvalue weighted by Gasteiger charge is -2.35. The quantitative estimate of drug-likeness (QED) is 0.885. The maximum absolute atomic E-state index is 5.64. The third-order valence-electron chi connectivity index (χ3n) is 3.39. The van der Waals surface area contributed by atoms with Crippen molar-refractivity contribution in [3.63, 3.8) is 0 Å². The molecule has 0 radical (unpaired) electrons. The van der Waals surface area contributed by atoms with Crippen LogP contribution < -0.4 is 5.32 Å². The number of benzene rings is 1. The second kappa shape index (κ2) is 5.14. The van der Waals surface area contributed by atoms with E-state index in [1.165, 1.54) is 5.56 Å². The van der Waals surface area contributed by atoms with Gasteiger partial charge in [-0.25, -0.2) is 0 Å². The van der Waals surface area contributed by atoms with Crippen LogP contribution in [-0.2, 0) is 14.9 Å². The molecule has 1 saturated heterocycles. The van der Waals surface area contributed by atoms with Gasteiger partial charge in [-0.2, -0.15) is 0 Å². The normalized spacial score (nSPS) is 20.3. The van der Waals surface area contributed by atoms with Gasteiger partial charge in [0.1, 0.15) is 0 Å². The van der Waals surface area contributed by atoms with Crippen molar-refractivity contribution in [3.05, 3.63) is 29.8 Å². The number of hydrogen-bond donors (Lipinski definition) is 1. The predicted molar refractivity (Wildman–Crippen MR) is 78.5 cm³/mol. The molecule has 106 valence electrons. The van der Waals surface area contributed by atoms with Crippen molar-refractivity contribution in [2.75, 3.05) is 18.5 Å². The minimum absolute atomic E-state index is 0.194. The molecular formula is C16H25NO2. The summed E-state index contributed by atoms with van der Waals surface area (Å²) in [6.45, 7) is 11.9. The Kier molecular flexibility index (Phi) is 3.88. The summed E-state index contributed by atoms with van der Waals surface area (Å²) in [5.74, 6) is -0.450. The molecule has 1 N–H and O–H groups in total.